The minimum Gasteiger partial charge on any atom is -0.236 e. The van der Waals surface area contributed by atoms with Gasteiger partial charge in [-0.1, -0.05) is 72.8 Å². The number of nitrogens with one attached hydrogen (secondary N) is 1. The number of aromatic amines is 1. The van der Waals surface area contributed by atoms with Crippen molar-refractivity contribution >= 4 is 11.3 Å². The van der Waals surface area contributed by atoms with Gasteiger partial charge in [0.15, 0.2) is 0 Å². The molecule has 3 aromatic carbocycles. The Bertz CT molecular complexity index is 1210. The summed E-state index contributed by atoms with van der Waals surface area (Å²) < 4.78 is 0. The van der Waals surface area contributed by atoms with Gasteiger partial charge in [-0.05, 0) is 22.4 Å². The van der Waals surface area contributed by atoms with Gasteiger partial charge >= 0.3 is 0 Å². The number of nitrogens with zero attached hydrogens (tertiary/aromatic N) is 4. The molecule has 0 unspecified atom stereocenters. The van der Waals surface area contributed by atoms with Gasteiger partial charge in [-0.3, -0.25) is 0 Å². The van der Waals surface area contributed by atoms with Crippen LogP contribution < -0.4 is 0 Å². The van der Waals surface area contributed by atoms with Crippen LogP contribution in [-0.4, -0.2) is 25.6 Å². The molecule has 0 aliphatic rings. The van der Waals surface area contributed by atoms with Crippen molar-refractivity contribution in [2.75, 3.05) is 0 Å². The fraction of sp³-hybridized carbons (Fsp3) is 0. The lowest BCUT2D eigenvalue weighted by Gasteiger charge is -2.08. The number of rotatable bonds is 4. The molecular weight excluding hydrogens is 366 g/mol. The molecular formula is C22H15N5S. The van der Waals surface area contributed by atoms with Gasteiger partial charge in [-0.15, -0.1) is 21.5 Å². The molecule has 0 atom stereocenters. The number of aromatic nitrogens is 5. The second-order valence-electron chi connectivity index (χ2n) is 6.27. The summed E-state index contributed by atoms with van der Waals surface area (Å²) in [4.78, 5) is 4.84. The molecule has 2 heterocycles. The second kappa shape index (κ2) is 7.17. The zero-order valence-electron chi connectivity index (χ0n) is 14.8. The first-order valence-corrected chi connectivity index (χ1v) is 9.71. The maximum atomic E-state index is 4.84. The maximum absolute atomic E-state index is 4.84. The Kier molecular flexibility index (Phi) is 4.23. The van der Waals surface area contributed by atoms with Crippen molar-refractivity contribution in [2.45, 2.75) is 0 Å². The Morgan fingerprint density at radius 3 is 2.29 bits per heavy atom. The molecule has 0 saturated carbocycles. The Hall–Kier alpha value is -3.64. The van der Waals surface area contributed by atoms with E-state index in [2.05, 4.69) is 68.5 Å². The van der Waals surface area contributed by atoms with Crippen LogP contribution in [0.4, 0.5) is 0 Å². The average Bonchev–Trinajstić information content (AvgIpc) is 3.47. The number of tetrazole rings is 1. The van der Waals surface area contributed by atoms with E-state index in [9.17, 15) is 0 Å². The number of hydrogen-bond acceptors (Lipinski definition) is 5. The molecule has 2 aromatic heterocycles. The number of H-pyrrole nitrogens is 1. The van der Waals surface area contributed by atoms with Crippen LogP contribution in [0.2, 0.25) is 0 Å². The Balaban J connectivity index is 1.55. The molecule has 1 N–H and O–H groups in total. The van der Waals surface area contributed by atoms with E-state index in [-0.39, 0.29) is 0 Å². The third-order valence-electron chi connectivity index (χ3n) is 4.51. The highest BCUT2D eigenvalue weighted by atomic mass is 32.1. The maximum Gasteiger partial charge on any atom is 0.205 e. The van der Waals surface area contributed by atoms with Crippen molar-refractivity contribution in [3.05, 3.63) is 84.2 Å². The smallest absolute Gasteiger partial charge is 0.205 e. The highest BCUT2D eigenvalue weighted by molar-refractivity contribution is 7.13. The minimum absolute atomic E-state index is 0.584. The summed E-state index contributed by atoms with van der Waals surface area (Å²) in [5.41, 5.74) is 6.28. The van der Waals surface area contributed by atoms with Crippen molar-refractivity contribution in [3.8, 4) is 44.3 Å². The summed E-state index contributed by atoms with van der Waals surface area (Å²) >= 11 is 1.66. The molecule has 0 aliphatic heterocycles. The van der Waals surface area contributed by atoms with Crippen LogP contribution in [0.1, 0.15) is 0 Å². The van der Waals surface area contributed by atoms with E-state index in [1.54, 1.807) is 11.3 Å². The van der Waals surface area contributed by atoms with Gasteiger partial charge in [-0.2, -0.15) is 5.21 Å². The average molecular weight is 381 g/mol. The van der Waals surface area contributed by atoms with Gasteiger partial charge < -0.3 is 0 Å². The van der Waals surface area contributed by atoms with E-state index in [4.69, 9.17) is 4.98 Å². The van der Waals surface area contributed by atoms with Gasteiger partial charge in [0.05, 0.1) is 5.69 Å². The highest BCUT2D eigenvalue weighted by Crippen LogP contribution is 2.34. The topological polar surface area (TPSA) is 67.3 Å². The minimum atomic E-state index is 0.584. The van der Waals surface area contributed by atoms with Crippen molar-refractivity contribution in [3.63, 3.8) is 0 Å². The normalized spacial score (nSPS) is 10.9. The zero-order valence-corrected chi connectivity index (χ0v) is 15.6. The van der Waals surface area contributed by atoms with Crippen LogP contribution in [0.15, 0.2) is 84.2 Å². The van der Waals surface area contributed by atoms with Crippen molar-refractivity contribution in [1.82, 2.24) is 25.6 Å². The Labute approximate surface area is 165 Å². The van der Waals surface area contributed by atoms with Gasteiger partial charge in [0.25, 0.3) is 0 Å². The summed E-state index contributed by atoms with van der Waals surface area (Å²) in [6.45, 7) is 0. The predicted octanol–water partition coefficient (Wildman–Crippen LogP) is 5.32. The third-order valence-corrected chi connectivity index (χ3v) is 5.40. The fourth-order valence-electron chi connectivity index (χ4n) is 3.17. The van der Waals surface area contributed by atoms with E-state index in [1.165, 1.54) is 0 Å². The molecule has 134 valence electrons. The van der Waals surface area contributed by atoms with Crippen molar-refractivity contribution < 1.29 is 0 Å². The Morgan fingerprint density at radius 1 is 0.714 bits per heavy atom. The summed E-state index contributed by atoms with van der Waals surface area (Å²) in [7, 11) is 0. The molecule has 0 bridgehead atoms. The number of thiazole rings is 1. The van der Waals surface area contributed by atoms with Crippen LogP contribution in [0, 0.1) is 0 Å². The third kappa shape index (κ3) is 3.10. The largest absolute Gasteiger partial charge is 0.236 e. The van der Waals surface area contributed by atoms with Gasteiger partial charge in [0.1, 0.15) is 5.01 Å². The van der Waals surface area contributed by atoms with E-state index in [1.807, 2.05) is 36.4 Å². The van der Waals surface area contributed by atoms with Crippen LogP contribution in [0.3, 0.4) is 0 Å². The summed E-state index contributed by atoms with van der Waals surface area (Å²) in [5, 5.41) is 17.6. The molecule has 0 aliphatic carbocycles. The van der Waals surface area contributed by atoms with Crippen LogP contribution in [-0.2, 0) is 0 Å². The fourth-order valence-corrected chi connectivity index (χ4v) is 4.01. The van der Waals surface area contributed by atoms with E-state index in [0.29, 0.717) is 5.82 Å². The first kappa shape index (κ1) is 16.5. The molecule has 5 rings (SSSR count). The van der Waals surface area contributed by atoms with E-state index >= 15 is 0 Å². The van der Waals surface area contributed by atoms with Gasteiger partial charge in [0.2, 0.25) is 5.82 Å². The Morgan fingerprint density at radius 2 is 1.46 bits per heavy atom. The molecule has 5 aromatic rings. The first-order valence-electron chi connectivity index (χ1n) is 8.83. The molecule has 0 amide bonds. The molecule has 0 fully saturated rings. The van der Waals surface area contributed by atoms with Gasteiger partial charge in [-0.25, -0.2) is 4.98 Å². The molecule has 0 saturated heterocycles. The number of hydrogen-bond donors (Lipinski definition) is 1. The second-order valence-corrected chi connectivity index (χ2v) is 7.12. The van der Waals surface area contributed by atoms with E-state index in [0.717, 1.165) is 38.5 Å². The quantitative estimate of drug-likeness (QED) is 0.457. The van der Waals surface area contributed by atoms with Crippen LogP contribution in [0.5, 0.6) is 0 Å². The lowest BCUT2D eigenvalue weighted by Crippen LogP contribution is -1.88. The zero-order chi connectivity index (χ0) is 18.8. The molecule has 5 nitrogen and oxygen atoms in total. The lowest BCUT2D eigenvalue weighted by molar-refractivity contribution is 0.881. The predicted molar refractivity (Wildman–Crippen MR) is 112 cm³/mol. The molecule has 6 heteroatoms. The first-order chi connectivity index (χ1) is 13.9. The van der Waals surface area contributed by atoms with Crippen molar-refractivity contribution in [1.29, 1.82) is 0 Å². The molecule has 28 heavy (non-hydrogen) atoms. The summed E-state index contributed by atoms with van der Waals surface area (Å²) in [5.74, 6) is 0.584. The highest BCUT2D eigenvalue weighted by Gasteiger charge is 2.12. The summed E-state index contributed by atoms with van der Waals surface area (Å²) in [6, 6.07) is 26.7. The molecule has 0 radical (unpaired) electrons. The van der Waals surface area contributed by atoms with E-state index < -0.39 is 0 Å². The lowest BCUT2D eigenvalue weighted by atomic mass is 9.97. The van der Waals surface area contributed by atoms with Gasteiger partial charge in [0, 0.05) is 22.1 Å². The van der Waals surface area contributed by atoms with Crippen LogP contribution >= 0.6 is 11.3 Å². The SMILES string of the molecule is c1ccc(-c2nc(-c3cccc(-c4ccccc4-c4nn[nH]n4)c3)cs2)cc1. The monoisotopic (exact) mass is 381 g/mol. The van der Waals surface area contributed by atoms with Crippen LogP contribution in [0.25, 0.3) is 44.3 Å². The molecule has 0 spiro atoms. The summed E-state index contributed by atoms with van der Waals surface area (Å²) in [6.07, 6.45) is 0. The van der Waals surface area contributed by atoms with Crippen molar-refractivity contribution in [2.24, 2.45) is 0 Å². The number of benzene rings is 3. The standard InChI is InChI=1S/C22H15N5S/c1-2-7-15(8-3-1)22-23-20(14-28-22)17-10-6-9-16(13-17)18-11-4-5-12-19(18)21-24-26-27-25-21/h1-14H,(H,24,25,26,27).